The Hall–Kier alpha value is -6.11. The van der Waals surface area contributed by atoms with Gasteiger partial charge in [0.15, 0.2) is 0 Å². The van der Waals surface area contributed by atoms with Gasteiger partial charge in [-0.25, -0.2) is 4.98 Å². The standard InChI is InChI=1S/C49H30N2S3/c1-3-9-31(10-4-1)32-15-20-36(21-16-32)51(38-24-26-43-41(30-38)39-13-7-8-14-42(39)52-43)37-22-17-33(18-23-37)35-19-25-40-46(29-35)53-44-27-28-45-48(47(40)44)50-49(54-45)34-11-5-2-6-12-34/h1-30H. The van der Waals surface area contributed by atoms with Crippen molar-refractivity contribution in [3.63, 3.8) is 0 Å². The van der Waals surface area contributed by atoms with Gasteiger partial charge in [0.25, 0.3) is 0 Å². The van der Waals surface area contributed by atoms with Crippen LogP contribution in [0, 0.1) is 0 Å². The highest BCUT2D eigenvalue weighted by Crippen LogP contribution is 2.44. The number of nitrogens with zero attached hydrogens (tertiary/aromatic N) is 2. The van der Waals surface area contributed by atoms with Crippen LogP contribution < -0.4 is 4.90 Å². The Morgan fingerprint density at radius 2 is 0.889 bits per heavy atom. The molecular formula is C49H30N2S3. The molecule has 0 spiro atoms. The fourth-order valence-electron chi connectivity index (χ4n) is 7.67. The number of benzene rings is 8. The summed E-state index contributed by atoms with van der Waals surface area (Å²) in [5.41, 5.74) is 10.5. The van der Waals surface area contributed by atoms with Crippen molar-refractivity contribution in [3.05, 3.63) is 182 Å². The van der Waals surface area contributed by atoms with Crippen LogP contribution in [0.15, 0.2) is 182 Å². The lowest BCUT2D eigenvalue weighted by Gasteiger charge is -2.26. The van der Waals surface area contributed by atoms with Gasteiger partial charge in [-0.05, 0) is 89.0 Å². The Morgan fingerprint density at radius 1 is 0.333 bits per heavy atom. The van der Waals surface area contributed by atoms with E-state index in [1.54, 1.807) is 11.3 Å². The number of thiophene rings is 2. The zero-order valence-electron chi connectivity index (χ0n) is 28.9. The maximum atomic E-state index is 5.16. The first-order valence-corrected chi connectivity index (χ1v) is 20.5. The SMILES string of the molecule is c1ccc(-c2ccc(N(c3ccc(-c4ccc5c(c4)sc4ccc6sc(-c7ccccc7)nc6c45)cc3)c3ccc4sc5ccccc5c4c3)cc2)cc1. The minimum Gasteiger partial charge on any atom is -0.310 e. The molecule has 3 heterocycles. The third-order valence-corrected chi connectivity index (χ3v) is 13.7. The molecule has 0 amide bonds. The van der Waals surface area contributed by atoms with E-state index in [4.69, 9.17) is 4.98 Å². The molecule has 0 fully saturated rings. The molecule has 54 heavy (non-hydrogen) atoms. The van der Waals surface area contributed by atoms with Gasteiger partial charge in [-0.1, -0.05) is 115 Å². The smallest absolute Gasteiger partial charge is 0.124 e. The molecule has 0 aliphatic rings. The van der Waals surface area contributed by atoms with Gasteiger partial charge in [0.2, 0.25) is 0 Å². The van der Waals surface area contributed by atoms with Gasteiger partial charge in [-0.15, -0.1) is 34.0 Å². The Morgan fingerprint density at radius 3 is 1.65 bits per heavy atom. The summed E-state index contributed by atoms with van der Waals surface area (Å²) in [5.74, 6) is 0. The van der Waals surface area contributed by atoms with Crippen LogP contribution in [0.1, 0.15) is 0 Å². The van der Waals surface area contributed by atoms with Gasteiger partial charge in [0, 0.05) is 63.0 Å². The predicted octanol–water partition coefficient (Wildman–Crippen LogP) is 15.5. The summed E-state index contributed by atoms with van der Waals surface area (Å²) < 4.78 is 6.41. The number of hydrogen-bond donors (Lipinski definition) is 0. The fraction of sp³-hybridized carbons (Fsp3) is 0. The lowest BCUT2D eigenvalue weighted by atomic mass is 10.0. The number of aromatic nitrogens is 1. The zero-order valence-corrected chi connectivity index (χ0v) is 31.4. The molecule has 2 nitrogen and oxygen atoms in total. The number of thiazole rings is 1. The first kappa shape index (κ1) is 31.4. The van der Waals surface area contributed by atoms with Crippen molar-refractivity contribution >= 4 is 102 Å². The van der Waals surface area contributed by atoms with Crippen molar-refractivity contribution in [3.8, 4) is 32.8 Å². The normalized spacial score (nSPS) is 11.7. The monoisotopic (exact) mass is 742 g/mol. The average molecular weight is 743 g/mol. The van der Waals surface area contributed by atoms with E-state index in [0.717, 1.165) is 27.6 Å². The summed E-state index contributed by atoms with van der Waals surface area (Å²) in [7, 11) is 0. The van der Waals surface area contributed by atoms with Gasteiger partial charge in [-0.2, -0.15) is 0 Å². The summed E-state index contributed by atoms with van der Waals surface area (Å²) in [5, 5.41) is 6.19. The molecule has 0 aliphatic carbocycles. The van der Waals surface area contributed by atoms with Crippen LogP contribution in [0.4, 0.5) is 17.1 Å². The van der Waals surface area contributed by atoms with Crippen molar-refractivity contribution in [2.24, 2.45) is 0 Å². The van der Waals surface area contributed by atoms with Crippen LogP contribution in [0.25, 0.3) is 83.4 Å². The van der Waals surface area contributed by atoms with Crippen LogP contribution in [-0.4, -0.2) is 4.98 Å². The number of anilines is 3. The molecular weight excluding hydrogens is 713 g/mol. The highest BCUT2D eigenvalue weighted by Gasteiger charge is 2.17. The largest absolute Gasteiger partial charge is 0.310 e. The van der Waals surface area contributed by atoms with Crippen molar-refractivity contribution in [2.75, 3.05) is 4.90 Å². The van der Waals surface area contributed by atoms with Gasteiger partial charge in [-0.3, -0.25) is 0 Å². The molecule has 0 aliphatic heterocycles. The lowest BCUT2D eigenvalue weighted by Crippen LogP contribution is -2.09. The molecule has 254 valence electrons. The predicted molar refractivity (Wildman–Crippen MR) is 236 cm³/mol. The third kappa shape index (κ3) is 5.32. The van der Waals surface area contributed by atoms with Gasteiger partial charge >= 0.3 is 0 Å². The maximum absolute atomic E-state index is 5.16. The summed E-state index contributed by atoms with van der Waals surface area (Å²) in [6.45, 7) is 0. The van der Waals surface area contributed by atoms with Gasteiger partial charge < -0.3 is 4.90 Å². The van der Waals surface area contributed by atoms with E-state index in [-0.39, 0.29) is 0 Å². The second-order valence-electron chi connectivity index (χ2n) is 13.6. The van der Waals surface area contributed by atoms with E-state index in [1.165, 1.54) is 72.9 Å². The molecule has 11 aromatic rings. The fourth-order valence-corrected chi connectivity index (χ4v) is 10.9. The molecule has 3 aromatic heterocycles. The minimum atomic E-state index is 1.07. The lowest BCUT2D eigenvalue weighted by molar-refractivity contribution is 1.29. The molecule has 8 aromatic carbocycles. The van der Waals surface area contributed by atoms with Crippen molar-refractivity contribution in [1.29, 1.82) is 0 Å². The van der Waals surface area contributed by atoms with Crippen LogP contribution in [0.2, 0.25) is 0 Å². The molecule has 0 saturated heterocycles. The van der Waals surface area contributed by atoms with Crippen LogP contribution >= 0.6 is 34.0 Å². The van der Waals surface area contributed by atoms with Gasteiger partial charge in [0.05, 0.1) is 10.2 Å². The molecule has 0 unspecified atom stereocenters. The van der Waals surface area contributed by atoms with E-state index in [1.807, 2.05) is 22.7 Å². The van der Waals surface area contributed by atoms with E-state index >= 15 is 0 Å². The average Bonchev–Trinajstić information content (AvgIpc) is 3.95. The van der Waals surface area contributed by atoms with Crippen LogP contribution in [-0.2, 0) is 0 Å². The molecule has 0 saturated carbocycles. The minimum absolute atomic E-state index is 1.07. The zero-order chi connectivity index (χ0) is 35.6. The summed E-state index contributed by atoms with van der Waals surface area (Å²) in [4.78, 5) is 7.54. The third-order valence-electron chi connectivity index (χ3n) is 10.3. The number of fused-ring (bicyclic) bond motifs is 8. The van der Waals surface area contributed by atoms with Gasteiger partial charge in [0.1, 0.15) is 5.01 Å². The molecule has 0 atom stereocenters. The molecule has 0 radical (unpaired) electrons. The Labute approximate surface area is 324 Å². The summed E-state index contributed by atoms with van der Waals surface area (Å²) in [6, 6.07) is 66.1. The van der Waals surface area contributed by atoms with Crippen molar-refractivity contribution in [1.82, 2.24) is 4.98 Å². The van der Waals surface area contributed by atoms with E-state index in [9.17, 15) is 0 Å². The maximum Gasteiger partial charge on any atom is 0.124 e. The molecule has 0 bridgehead atoms. The summed E-state index contributed by atoms with van der Waals surface area (Å²) in [6.07, 6.45) is 0. The number of hydrogen-bond acceptors (Lipinski definition) is 5. The first-order chi connectivity index (χ1) is 26.7. The topological polar surface area (TPSA) is 16.1 Å². The summed E-state index contributed by atoms with van der Waals surface area (Å²) >= 11 is 5.47. The van der Waals surface area contributed by atoms with E-state index < -0.39 is 0 Å². The quantitative estimate of drug-likeness (QED) is 0.169. The van der Waals surface area contributed by atoms with E-state index in [0.29, 0.717) is 0 Å². The first-order valence-electron chi connectivity index (χ1n) is 18.0. The number of rotatable bonds is 6. The highest BCUT2D eigenvalue weighted by molar-refractivity contribution is 7.27. The molecule has 11 rings (SSSR count). The molecule has 5 heteroatoms. The Balaban J connectivity index is 0.983. The van der Waals surface area contributed by atoms with E-state index in [2.05, 4.69) is 187 Å². The highest BCUT2D eigenvalue weighted by atomic mass is 32.1. The van der Waals surface area contributed by atoms with Crippen molar-refractivity contribution < 1.29 is 0 Å². The second kappa shape index (κ2) is 12.8. The Kier molecular flexibility index (Phi) is 7.44. The molecule has 0 N–H and O–H groups in total. The van der Waals surface area contributed by atoms with Crippen molar-refractivity contribution in [2.45, 2.75) is 0 Å². The second-order valence-corrected chi connectivity index (χ2v) is 16.8. The Bertz CT molecular complexity index is 3140. The van der Waals surface area contributed by atoms with Crippen LogP contribution in [0.3, 0.4) is 0 Å². The van der Waals surface area contributed by atoms with Crippen LogP contribution in [0.5, 0.6) is 0 Å².